The Kier molecular flexibility index (Phi) is 7.03. The maximum absolute atomic E-state index is 12.4. The highest BCUT2D eigenvalue weighted by molar-refractivity contribution is 5.95. The van der Waals surface area contributed by atoms with Crippen molar-refractivity contribution in [2.45, 2.75) is 38.1 Å². The zero-order valence-electron chi connectivity index (χ0n) is 17.1. The molecule has 2 aromatic heterocycles. The molecule has 0 bridgehead atoms. The third-order valence-corrected chi connectivity index (χ3v) is 5.15. The van der Waals surface area contributed by atoms with Gasteiger partial charge in [-0.15, -0.1) is 0 Å². The van der Waals surface area contributed by atoms with E-state index in [0.717, 1.165) is 0 Å². The number of carboxylic acid groups (broad SMARTS) is 2. The van der Waals surface area contributed by atoms with E-state index in [1.54, 1.807) is 12.1 Å². The molecular weight excluding hydrogens is 420 g/mol. The molecule has 1 unspecified atom stereocenters. The Hall–Kier alpha value is -3.96. The van der Waals surface area contributed by atoms with Gasteiger partial charge in [-0.05, 0) is 43.7 Å². The van der Waals surface area contributed by atoms with Crippen LogP contribution in [0.2, 0.25) is 0 Å². The number of nitrogens with two attached hydrogens (primary N) is 1. The van der Waals surface area contributed by atoms with E-state index in [9.17, 15) is 24.6 Å². The SMILES string of the molecule is Nc1nc(O)c2c(n1)NCC(CCc1cccc(C(=O)N[C@@H](CCC(=O)O)C(=O)O)n1)C2. The minimum atomic E-state index is -1.32. The van der Waals surface area contributed by atoms with Crippen LogP contribution in [0.25, 0.3) is 0 Å². The zero-order chi connectivity index (χ0) is 23.3. The van der Waals surface area contributed by atoms with Gasteiger partial charge in [-0.25, -0.2) is 9.78 Å². The number of fused-ring (bicyclic) bond motifs is 1. The summed E-state index contributed by atoms with van der Waals surface area (Å²) in [5.41, 5.74) is 6.86. The summed E-state index contributed by atoms with van der Waals surface area (Å²) in [6.07, 6.45) is 1.23. The number of carbonyl (C=O) groups is 3. The number of rotatable bonds is 9. The molecule has 3 heterocycles. The number of aromatic hydroxyl groups is 1. The van der Waals surface area contributed by atoms with Gasteiger partial charge in [-0.2, -0.15) is 9.97 Å². The summed E-state index contributed by atoms with van der Waals surface area (Å²) < 4.78 is 0. The molecule has 12 heteroatoms. The normalized spacial score (nSPS) is 15.8. The van der Waals surface area contributed by atoms with Crippen LogP contribution < -0.4 is 16.4 Å². The van der Waals surface area contributed by atoms with Crippen molar-refractivity contribution in [3.8, 4) is 5.88 Å². The summed E-state index contributed by atoms with van der Waals surface area (Å²) in [6, 6.07) is 3.57. The predicted octanol–water partition coefficient (Wildman–Crippen LogP) is 0.424. The van der Waals surface area contributed by atoms with Gasteiger partial charge in [0.05, 0.1) is 5.56 Å². The van der Waals surface area contributed by atoms with E-state index in [1.165, 1.54) is 6.07 Å². The van der Waals surface area contributed by atoms with Gasteiger partial charge in [0.15, 0.2) is 0 Å². The molecule has 1 aliphatic rings. The smallest absolute Gasteiger partial charge is 0.326 e. The van der Waals surface area contributed by atoms with Crippen molar-refractivity contribution in [1.82, 2.24) is 20.3 Å². The van der Waals surface area contributed by atoms with Gasteiger partial charge in [0.1, 0.15) is 17.6 Å². The molecule has 0 saturated carbocycles. The lowest BCUT2D eigenvalue weighted by Gasteiger charge is -2.25. The number of aryl methyl sites for hydroxylation is 1. The van der Waals surface area contributed by atoms with Gasteiger partial charge in [0, 0.05) is 18.7 Å². The quantitative estimate of drug-likeness (QED) is 0.313. The van der Waals surface area contributed by atoms with E-state index in [1.807, 2.05) is 0 Å². The first kappa shape index (κ1) is 22.7. The van der Waals surface area contributed by atoms with Crippen LogP contribution in [-0.4, -0.2) is 60.7 Å². The van der Waals surface area contributed by atoms with E-state index in [-0.39, 0.29) is 36.3 Å². The monoisotopic (exact) mass is 444 g/mol. The van der Waals surface area contributed by atoms with Crippen LogP contribution in [0.3, 0.4) is 0 Å². The highest BCUT2D eigenvalue weighted by atomic mass is 16.4. The molecule has 3 rings (SSSR count). The van der Waals surface area contributed by atoms with Crippen molar-refractivity contribution in [2.75, 3.05) is 17.6 Å². The Morgan fingerprint density at radius 2 is 2.00 bits per heavy atom. The van der Waals surface area contributed by atoms with E-state index in [0.29, 0.717) is 42.9 Å². The van der Waals surface area contributed by atoms with E-state index in [4.69, 9.17) is 10.8 Å². The Morgan fingerprint density at radius 1 is 1.22 bits per heavy atom. The molecule has 2 aromatic rings. The van der Waals surface area contributed by atoms with E-state index in [2.05, 4.69) is 25.6 Å². The molecule has 0 aliphatic carbocycles. The molecule has 32 heavy (non-hydrogen) atoms. The summed E-state index contributed by atoms with van der Waals surface area (Å²) in [6.45, 7) is 0.632. The average molecular weight is 444 g/mol. The summed E-state index contributed by atoms with van der Waals surface area (Å²) in [5.74, 6) is -2.58. The van der Waals surface area contributed by atoms with Crippen molar-refractivity contribution < 1.29 is 29.7 Å². The molecule has 1 aliphatic heterocycles. The number of pyridine rings is 1. The Labute approximate surface area is 182 Å². The Balaban J connectivity index is 1.59. The number of anilines is 2. The third kappa shape index (κ3) is 5.80. The van der Waals surface area contributed by atoms with E-state index < -0.39 is 23.9 Å². The summed E-state index contributed by atoms with van der Waals surface area (Å²) in [4.78, 5) is 46.6. The minimum Gasteiger partial charge on any atom is -0.493 e. The number of aromatic nitrogens is 3. The van der Waals surface area contributed by atoms with Gasteiger partial charge in [-0.1, -0.05) is 6.07 Å². The van der Waals surface area contributed by atoms with Gasteiger partial charge in [0.25, 0.3) is 5.91 Å². The van der Waals surface area contributed by atoms with Crippen LogP contribution in [0.4, 0.5) is 11.8 Å². The summed E-state index contributed by atoms with van der Waals surface area (Å²) in [7, 11) is 0. The van der Waals surface area contributed by atoms with E-state index >= 15 is 0 Å². The van der Waals surface area contributed by atoms with Gasteiger partial charge >= 0.3 is 11.9 Å². The molecule has 0 fully saturated rings. The molecule has 170 valence electrons. The van der Waals surface area contributed by atoms with Crippen molar-refractivity contribution in [2.24, 2.45) is 5.92 Å². The maximum atomic E-state index is 12.4. The Bertz CT molecular complexity index is 1030. The number of nitrogens with zero attached hydrogens (tertiary/aromatic N) is 3. The lowest BCUT2D eigenvalue weighted by molar-refractivity contribution is -0.140. The zero-order valence-corrected chi connectivity index (χ0v) is 17.1. The molecular formula is C20H24N6O6. The fourth-order valence-corrected chi connectivity index (χ4v) is 3.48. The standard InChI is InChI=1S/C20H24N6O6/c21-20-25-16-12(17(29)26-20)8-10(9-22-16)4-5-11-2-1-3-13(23-11)18(30)24-14(19(31)32)6-7-15(27)28/h1-3,10,14H,4-9H2,(H,24,30)(H,27,28)(H,31,32)(H4,21,22,25,26,29)/t10?,14-/m0/s1. The largest absolute Gasteiger partial charge is 0.493 e. The van der Waals surface area contributed by atoms with Crippen LogP contribution in [0.15, 0.2) is 18.2 Å². The molecule has 7 N–H and O–H groups in total. The fourth-order valence-electron chi connectivity index (χ4n) is 3.48. The number of nitrogens with one attached hydrogen (secondary N) is 2. The summed E-state index contributed by atoms with van der Waals surface area (Å²) >= 11 is 0. The highest BCUT2D eigenvalue weighted by Gasteiger charge is 2.24. The van der Waals surface area contributed by atoms with Crippen molar-refractivity contribution in [3.63, 3.8) is 0 Å². The number of hydrogen-bond donors (Lipinski definition) is 6. The second-order valence-corrected chi connectivity index (χ2v) is 7.53. The second-order valence-electron chi connectivity index (χ2n) is 7.53. The molecule has 0 saturated heterocycles. The van der Waals surface area contributed by atoms with Crippen molar-refractivity contribution in [3.05, 3.63) is 35.2 Å². The number of nitrogen functional groups attached to an aromatic ring is 1. The van der Waals surface area contributed by atoms with Crippen LogP contribution >= 0.6 is 0 Å². The Morgan fingerprint density at radius 3 is 2.72 bits per heavy atom. The first-order valence-electron chi connectivity index (χ1n) is 10.0. The number of carboxylic acids is 2. The molecule has 0 spiro atoms. The molecule has 1 amide bonds. The van der Waals surface area contributed by atoms with Crippen LogP contribution in [0, 0.1) is 5.92 Å². The average Bonchev–Trinajstić information content (AvgIpc) is 2.75. The van der Waals surface area contributed by atoms with Gasteiger partial charge < -0.3 is 31.7 Å². The number of carbonyl (C=O) groups excluding carboxylic acids is 1. The maximum Gasteiger partial charge on any atom is 0.326 e. The lowest BCUT2D eigenvalue weighted by Crippen LogP contribution is -2.41. The summed E-state index contributed by atoms with van der Waals surface area (Å²) in [5, 5.41) is 33.4. The minimum absolute atomic E-state index is 0.000381. The topological polar surface area (TPSA) is 201 Å². The highest BCUT2D eigenvalue weighted by Crippen LogP contribution is 2.31. The second kappa shape index (κ2) is 9.90. The first-order chi connectivity index (χ1) is 15.2. The van der Waals surface area contributed by atoms with Crippen LogP contribution in [-0.2, 0) is 22.4 Å². The third-order valence-electron chi connectivity index (χ3n) is 5.15. The predicted molar refractivity (Wildman–Crippen MR) is 112 cm³/mol. The molecule has 2 atom stereocenters. The molecule has 12 nitrogen and oxygen atoms in total. The first-order valence-corrected chi connectivity index (χ1v) is 10.0. The van der Waals surface area contributed by atoms with Gasteiger partial charge in [0.2, 0.25) is 11.8 Å². The van der Waals surface area contributed by atoms with Crippen molar-refractivity contribution in [1.29, 1.82) is 0 Å². The number of hydrogen-bond acceptors (Lipinski definition) is 9. The van der Waals surface area contributed by atoms with Crippen LogP contribution in [0.1, 0.15) is 41.0 Å². The number of amides is 1. The lowest BCUT2D eigenvalue weighted by atomic mass is 9.91. The van der Waals surface area contributed by atoms with Crippen LogP contribution in [0.5, 0.6) is 5.88 Å². The molecule has 0 radical (unpaired) electrons. The molecule has 0 aromatic carbocycles. The fraction of sp³-hybridized carbons (Fsp3) is 0.400. The van der Waals surface area contributed by atoms with Crippen molar-refractivity contribution >= 4 is 29.6 Å². The number of aliphatic carboxylic acids is 2. The van der Waals surface area contributed by atoms with Gasteiger partial charge in [-0.3, -0.25) is 9.59 Å².